The molecule has 0 aromatic carbocycles. The first-order valence-corrected chi connectivity index (χ1v) is 9.22. The smallest absolute Gasteiger partial charge is 0.347 e. The van der Waals surface area contributed by atoms with Gasteiger partial charge in [0, 0.05) is 24.8 Å². The van der Waals surface area contributed by atoms with Crippen molar-refractivity contribution < 1.29 is 14.7 Å². The van der Waals surface area contributed by atoms with Gasteiger partial charge in [0.2, 0.25) is 0 Å². The molecule has 0 bridgehead atoms. The van der Waals surface area contributed by atoms with Gasteiger partial charge in [-0.2, -0.15) is 0 Å². The monoisotopic (exact) mass is 402 g/mol. The summed E-state index contributed by atoms with van der Waals surface area (Å²) in [4.78, 5) is 32.5. The molecule has 7 nitrogen and oxygen atoms in total. The number of hydrogen-bond donors (Lipinski definition) is 3. The molecule has 134 valence electrons. The van der Waals surface area contributed by atoms with Crippen molar-refractivity contribution in [3.05, 3.63) is 33.6 Å². The molecule has 2 aromatic rings. The molecule has 1 saturated heterocycles. The third kappa shape index (κ3) is 3.91. The summed E-state index contributed by atoms with van der Waals surface area (Å²) in [6.45, 7) is 2.90. The number of amides is 1. The van der Waals surface area contributed by atoms with Crippen LogP contribution in [0.4, 0.5) is 5.13 Å². The van der Waals surface area contributed by atoms with Gasteiger partial charge < -0.3 is 20.3 Å². The molecule has 0 spiro atoms. The predicted octanol–water partition coefficient (Wildman–Crippen LogP) is 2.75. The zero-order valence-corrected chi connectivity index (χ0v) is 15.6. The van der Waals surface area contributed by atoms with Gasteiger partial charge >= 0.3 is 5.97 Å². The van der Waals surface area contributed by atoms with E-state index in [0.29, 0.717) is 35.4 Å². The zero-order valence-electron chi connectivity index (χ0n) is 13.3. The molecule has 10 heteroatoms. The van der Waals surface area contributed by atoms with Crippen LogP contribution in [0.3, 0.4) is 0 Å². The third-order valence-corrected chi connectivity index (χ3v) is 5.91. The summed E-state index contributed by atoms with van der Waals surface area (Å²) in [6.07, 6.45) is 1.98. The molecule has 25 heavy (non-hydrogen) atoms. The van der Waals surface area contributed by atoms with E-state index in [-0.39, 0.29) is 22.2 Å². The fourth-order valence-electron chi connectivity index (χ4n) is 2.65. The summed E-state index contributed by atoms with van der Waals surface area (Å²) >= 11 is 13.5. The maximum Gasteiger partial charge on any atom is 0.347 e. The Morgan fingerprint density at radius 2 is 2.28 bits per heavy atom. The molecule has 0 saturated carbocycles. The molecule has 0 radical (unpaired) electrons. The molecule has 2 atom stereocenters. The topological polar surface area (TPSA) is 98.3 Å². The first-order chi connectivity index (χ1) is 11.8. The quantitative estimate of drug-likeness (QED) is 0.682. The van der Waals surface area contributed by atoms with E-state index in [1.54, 1.807) is 13.0 Å². The Bertz CT molecular complexity index is 787. The number of nitrogens with zero attached hydrogens (tertiary/aromatic N) is 2. The number of piperidine rings is 1. The number of alkyl halides is 1. The van der Waals surface area contributed by atoms with Crippen molar-refractivity contribution in [3.63, 3.8) is 0 Å². The summed E-state index contributed by atoms with van der Waals surface area (Å²) in [6, 6.07) is 1.40. The standard InChI is InChI=1S/C15H16Cl2N4O3S/c1-7-8(16)4-11(19-7)13(22)20-10-2-3-21(6-9(10)17)15-18-5-12(25-15)14(23)24/h4-5,9-10,19H,2-3,6H2,1H3,(H,20,22)(H,23,24)/t9-,10+/m0/s1. The predicted molar refractivity (Wildman–Crippen MR) is 97.3 cm³/mol. The van der Waals surface area contributed by atoms with Crippen LogP contribution in [0, 0.1) is 6.92 Å². The van der Waals surface area contributed by atoms with Gasteiger partial charge in [0.25, 0.3) is 5.91 Å². The SMILES string of the molecule is Cc1[nH]c(C(=O)N[C@@H]2CCN(c3ncc(C(=O)O)s3)C[C@@H]2Cl)cc1Cl. The molecule has 2 aromatic heterocycles. The van der Waals surface area contributed by atoms with Gasteiger partial charge in [0.1, 0.15) is 10.6 Å². The third-order valence-electron chi connectivity index (χ3n) is 4.03. The van der Waals surface area contributed by atoms with Crippen molar-refractivity contribution in [2.75, 3.05) is 18.0 Å². The zero-order chi connectivity index (χ0) is 18.1. The Morgan fingerprint density at radius 1 is 1.52 bits per heavy atom. The highest BCUT2D eigenvalue weighted by Gasteiger charge is 2.31. The van der Waals surface area contributed by atoms with Gasteiger partial charge in [-0.05, 0) is 19.4 Å². The van der Waals surface area contributed by atoms with Crippen LogP contribution < -0.4 is 10.2 Å². The number of carboxylic acid groups (broad SMARTS) is 1. The van der Waals surface area contributed by atoms with Gasteiger partial charge in [0.05, 0.1) is 16.6 Å². The summed E-state index contributed by atoms with van der Waals surface area (Å²) in [5.74, 6) is -1.24. The number of anilines is 1. The van der Waals surface area contributed by atoms with E-state index in [0.717, 1.165) is 17.0 Å². The second-order valence-corrected chi connectivity index (χ2v) is 7.78. The van der Waals surface area contributed by atoms with Crippen LogP contribution >= 0.6 is 34.5 Å². The van der Waals surface area contributed by atoms with Crippen molar-refractivity contribution in [1.29, 1.82) is 0 Å². The average molecular weight is 403 g/mol. The molecule has 1 fully saturated rings. The van der Waals surface area contributed by atoms with E-state index in [1.165, 1.54) is 6.20 Å². The van der Waals surface area contributed by atoms with Gasteiger partial charge in [0.15, 0.2) is 5.13 Å². The van der Waals surface area contributed by atoms with Crippen LogP contribution in [0.5, 0.6) is 0 Å². The van der Waals surface area contributed by atoms with Crippen molar-refractivity contribution in [1.82, 2.24) is 15.3 Å². The molecule has 0 unspecified atom stereocenters. The highest BCUT2D eigenvalue weighted by molar-refractivity contribution is 7.17. The van der Waals surface area contributed by atoms with Crippen molar-refractivity contribution >= 4 is 51.5 Å². The van der Waals surface area contributed by atoms with Gasteiger partial charge in [-0.15, -0.1) is 11.6 Å². The molecule has 1 aliphatic heterocycles. The summed E-state index contributed by atoms with van der Waals surface area (Å²) in [5.41, 5.74) is 1.14. The lowest BCUT2D eigenvalue weighted by atomic mass is 10.0. The largest absolute Gasteiger partial charge is 0.477 e. The summed E-state index contributed by atoms with van der Waals surface area (Å²) < 4.78 is 0. The minimum Gasteiger partial charge on any atom is -0.477 e. The maximum absolute atomic E-state index is 12.3. The van der Waals surface area contributed by atoms with E-state index in [2.05, 4.69) is 15.3 Å². The molecule has 3 rings (SSSR count). The number of aromatic carboxylic acids is 1. The van der Waals surface area contributed by atoms with Gasteiger partial charge in [-0.25, -0.2) is 9.78 Å². The summed E-state index contributed by atoms with van der Waals surface area (Å²) in [5, 5.41) is 12.7. The number of carboxylic acids is 1. The first-order valence-electron chi connectivity index (χ1n) is 7.59. The van der Waals surface area contributed by atoms with Gasteiger partial charge in [-0.1, -0.05) is 22.9 Å². The lowest BCUT2D eigenvalue weighted by Crippen LogP contribution is -2.52. The molecule has 0 aliphatic carbocycles. The van der Waals surface area contributed by atoms with Crippen LogP contribution in [0.2, 0.25) is 5.02 Å². The van der Waals surface area contributed by atoms with E-state index in [4.69, 9.17) is 28.3 Å². The van der Waals surface area contributed by atoms with Crippen molar-refractivity contribution in [3.8, 4) is 0 Å². The van der Waals surface area contributed by atoms with E-state index in [9.17, 15) is 9.59 Å². The number of rotatable bonds is 4. The number of H-pyrrole nitrogens is 1. The minimum absolute atomic E-state index is 0.188. The second kappa shape index (κ2) is 7.23. The Labute approximate surface area is 158 Å². The molecule has 3 heterocycles. The molecular formula is C15H16Cl2N4O3S. The maximum atomic E-state index is 12.3. The Morgan fingerprint density at radius 3 is 2.84 bits per heavy atom. The van der Waals surface area contributed by atoms with Crippen molar-refractivity contribution in [2.24, 2.45) is 0 Å². The Balaban J connectivity index is 1.61. The fourth-order valence-corrected chi connectivity index (χ4v) is 3.95. The molecule has 1 aliphatic rings. The number of thiazole rings is 1. The number of nitrogens with one attached hydrogen (secondary N) is 2. The highest BCUT2D eigenvalue weighted by Crippen LogP contribution is 2.27. The number of halogens is 2. The van der Waals surface area contributed by atoms with Crippen LogP contribution in [0.1, 0.15) is 32.3 Å². The number of carbonyl (C=O) groups excluding carboxylic acids is 1. The fraction of sp³-hybridized carbons (Fsp3) is 0.400. The number of hydrogen-bond acceptors (Lipinski definition) is 5. The average Bonchev–Trinajstić information content (AvgIpc) is 3.17. The van der Waals surface area contributed by atoms with Crippen LogP contribution in [-0.4, -0.2) is 51.5 Å². The van der Waals surface area contributed by atoms with Crippen LogP contribution in [0.15, 0.2) is 12.3 Å². The lowest BCUT2D eigenvalue weighted by molar-refractivity contribution is 0.0701. The van der Waals surface area contributed by atoms with Crippen LogP contribution in [0.25, 0.3) is 0 Å². The van der Waals surface area contributed by atoms with E-state index in [1.807, 2.05) is 4.90 Å². The number of aromatic amines is 1. The van der Waals surface area contributed by atoms with Gasteiger partial charge in [-0.3, -0.25) is 4.79 Å². The molecular weight excluding hydrogens is 387 g/mol. The summed E-state index contributed by atoms with van der Waals surface area (Å²) in [7, 11) is 0. The van der Waals surface area contributed by atoms with Crippen LogP contribution in [-0.2, 0) is 0 Å². The second-order valence-electron chi connectivity index (χ2n) is 5.80. The number of aromatic nitrogens is 2. The Hall–Kier alpha value is -1.77. The van der Waals surface area contributed by atoms with Crippen molar-refractivity contribution in [2.45, 2.75) is 24.8 Å². The molecule has 1 amide bonds. The lowest BCUT2D eigenvalue weighted by Gasteiger charge is -2.35. The molecule has 3 N–H and O–H groups in total. The highest BCUT2D eigenvalue weighted by atomic mass is 35.5. The minimum atomic E-state index is -0.992. The van der Waals surface area contributed by atoms with E-state index >= 15 is 0 Å². The number of carbonyl (C=O) groups is 2. The first kappa shape index (κ1) is 18.0. The Kier molecular flexibility index (Phi) is 5.21. The number of aryl methyl sites for hydroxylation is 1. The normalized spacial score (nSPS) is 20.5. The van der Waals surface area contributed by atoms with E-state index < -0.39 is 5.97 Å².